The van der Waals surface area contributed by atoms with Crippen LogP contribution in [-0.4, -0.2) is 22.9 Å². The third-order valence-corrected chi connectivity index (χ3v) is 3.32. The van der Waals surface area contributed by atoms with Crippen LogP contribution in [-0.2, 0) is 9.45 Å². The van der Waals surface area contributed by atoms with E-state index in [0.29, 0.717) is 17.0 Å². The molecule has 1 unspecified atom stereocenters. The Morgan fingerprint density at radius 2 is 2.10 bits per heavy atom. The van der Waals surface area contributed by atoms with Gasteiger partial charge in [0.2, 0.25) is 0 Å². The molecule has 2 heterocycles. The van der Waals surface area contributed by atoms with Crippen LogP contribution in [0.3, 0.4) is 0 Å². The maximum atomic E-state index is 11.2. The maximum Gasteiger partial charge on any atom is 0.492 e. The molecule has 21 heavy (non-hydrogen) atoms. The van der Waals surface area contributed by atoms with Crippen molar-refractivity contribution in [2.24, 2.45) is 0 Å². The number of hydrogen-bond acceptors (Lipinski definition) is 5. The maximum absolute atomic E-state index is 11.2. The highest BCUT2D eigenvalue weighted by molar-refractivity contribution is 6.61. The summed E-state index contributed by atoms with van der Waals surface area (Å²) in [4.78, 5) is 15.2. The van der Waals surface area contributed by atoms with Gasteiger partial charge in [-0.1, -0.05) is 6.07 Å². The summed E-state index contributed by atoms with van der Waals surface area (Å²) < 4.78 is 11.1. The lowest BCUT2D eigenvalue weighted by molar-refractivity contribution is -0.118. The van der Waals surface area contributed by atoms with Crippen LogP contribution in [0.1, 0.15) is 25.0 Å². The number of carbonyl (C=O) groups excluding carboxylic acids is 1. The minimum absolute atomic E-state index is 0.0252. The van der Waals surface area contributed by atoms with E-state index in [-0.39, 0.29) is 18.3 Å². The van der Waals surface area contributed by atoms with Crippen molar-refractivity contribution < 1.29 is 19.2 Å². The molecule has 1 aromatic carbocycles. The van der Waals surface area contributed by atoms with Crippen molar-refractivity contribution in [1.82, 2.24) is 4.98 Å². The fourth-order valence-corrected chi connectivity index (χ4v) is 2.39. The van der Waals surface area contributed by atoms with E-state index in [1.807, 2.05) is 6.07 Å². The van der Waals surface area contributed by atoms with E-state index < -0.39 is 7.12 Å². The van der Waals surface area contributed by atoms with Gasteiger partial charge in [0.1, 0.15) is 17.3 Å². The molecule has 5 nitrogen and oxygen atoms in total. The topological polar surface area (TPSA) is 68.7 Å². The van der Waals surface area contributed by atoms with Crippen LogP contribution in [0.5, 0.6) is 11.5 Å². The molecule has 1 aliphatic heterocycles. The van der Waals surface area contributed by atoms with Crippen molar-refractivity contribution in [3.8, 4) is 11.5 Å². The predicted molar refractivity (Wildman–Crippen MR) is 77.5 cm³/mol. The number of carbonyl (C=O) groups is 1. The number of benzene rings is 1. The van der Waals surface area contributed by atoms with Crippen molar-refractivity contribution in [2.75, 3.05) is 0 Å². The van der Waals surface area contributed by atoms with Crippen molar-refractivity contribution in [2.45, 2.75) is 19.4 Å². The minimum Gasteiger partial charge on any atom is -0.457 e. The van der Waals surface area contributed by atoms with Gasteiger partial charge in [0.15, 0.2) is 0 Å². The Labute approximate surface area is 122 Å². The molecular formula is C15H14BNO4. The first-order chi connectivity index (χ1) is 10.1. The van der Waals surface area contributed by atoms with Gasteiger partial charge in [0.05, 0.1) is 6.10 Å². The number of rotatable bonds is 4. The Kier molecular flexibility index (Phi) is 3.73. The molecule has 0 radical (unpaired) electrons. The average Bonchev–Trinajstić information content (AvgIpc) is 2.75. The number of pyridine rings is 1. The van der Waals surface area contributed by atoms with Crippen LogP contribution >= 0.6 is 0 Å². The molecule has 1 N–H and O–H groups in total. The van der Waals surface area contributed by atoms with E-state index in [2.05, 4.69) is 4.98 Å². The number of aromatic nitrogens is 1. The Hall–Kier alpha value is -2.18. The summed E-state index contributed by atoms with van der Waals surface area (Å²) in [6.07, 6.45) is 3.16. The number of ether oxygens (including phenoxy) is 1. The van der Waals surface area contributed by atoms with Crippen molar-refractivity contribution in [3.05, 3.63) is 48.3 Å². The monoisotopic (exact) mass is 283 g/mol. The molecule has 0 saturated heterocycles. The highest BCUT2D eigenvalue weighted by Crippen LogP contribution is 2.30. The molecule has 0 fully saturated rings. The molecule has 0 aliphatic carbocycles. The lowest BCUT2D eigenvalue weighted by atomic mass is 9.79. The van der Waals surface area contributed by atoms with Crippen LogP contribution < -0.4 is 10.2 Å². The zero-order chi connectivity index (χ0) is 14.8. The van der Waals surface area contributed by atoms with E-state index >= 15 is 0 Å². The molecule has 2 aromatic rings. The number of fused-ring (bicyclic) bond motifs is 1. The molecule has 3 rings (SSSR count). The molecule has 1 aromatic heterocycles. The van der Waals surface area contributed by atoms with Gasteiger partial charge in [-0.2, -0.15) is 0 Å². The Morgan fingerprint density at radius 1 is 1.33 bits per heavy atom. The Bertz CT molecular complexity index is 662. The van der Waals surface area contributed by atoms with E-state index in [0.717, 1.165) is 5.56 Å². The van der Waals surface area contributed by atoms with Gasteiger partial charge in [0, 0.05) is 18.8 Å². The van der Waals surface area contributed by atoms with Crippen molar-refractivity contribution >= 4 is 18.4 Å². The Balaban J connectivity index is 1.85. The van der Waals surface area contributed by atoms with Crippen LogP contribution in [0.4, 0.5) is 0 Å². The number of ketones is 1. The van der Waals surface area contributed by atoms with E-state index in [4.69, 9.17) is 9.39 Å². The first-order valence-corrected chi connectivity index (χ1v) is 6.68. The summed E-state index contributed by atoms with van der Waals surface area (Å²) in [5.74, 6) is 1.29. The summed E-state index contributed by atoms with van der Waals surface area (Å²) in [5.41, 5.74) is 1.48. The summed E-state index contributed by atoms with van der Waals surface area (Å²) in [7, 11) is -1.02. The summed E-state index contributed by atoms with van der Waals surface area (Å²) in [5, 5.41) is 9.96. The standard InChI is InChI=1S/C15H14BNO4/c1-10(18)8-15-13-3-2-12(9-14(13)16(19)21-15)20-11-4-6-17-7-5-11/h2-7,9,15,19H,8H2,1H3. The summed E-state index contributed by atoms with van der Waals surface area (Å²) >= 11 is 0. The molecular weight excluding hydrogens is 269 g/mol. The average molecular weight is 283 g/mol. The highest BCUT2D eigenvalue weighted by atomic mass is 16.5. The predicted octanol–water partition coefficient (Wildman–Crippen LogP) is 1.61. The fourth-order valence-electron chi connectivity index (χ4n) is 2.39. The minimum atomic E-state index is -1.02. The molecule has 106 valence electrons. The van der Waals surface area contributed by atoms with E-state index in [9.17, 15) is 9.82 Å². The van der Waals surface area contributed by atoms with Crippen molar-refractivity contribution in [1.29, 1.82) is 0 Å². The van der Waals surface area contributed by atoms with Gasteiger partial charge in [-0.05, 0) is 42.2 Å². The lowest BCUT2D eigenvalue weighted by Crippen LogP contribution is -2.27. The molecule has 6 heteroatoms. The Morgan fingerprint density at radius 3 is 2.81 bits per heavy atom. The normalized spacial score (nSPS) is 16.7. The SMILES string of the molecule is CC(=O)CC1OB(O)c2cc(Oc3ccncc3)ccc21. The highest BCUT2D eigenvalue weighted by Gasteiger charge is 2.35. The molecule has 1 atom stereocenters. The smallest absolute Gasteiger partial charge is 0.457 e. The van der Waals surface area contributed by atoms with E-state index in [1.54, 1.807) is 36.7 Å². The van der Waals surface area contributed by atoms with E-state index in [1.165, 1.54) is 6.92 Å². The number of nitrogens with zero attached hydrogens (tertiary/aromatic N) is 1. The first kappa shape index (κ1) is 13.8. The second-order valence-corrected chi connectivity index (χ2v) is 4.96. The van der Waals surface area contributed by atoms with Gasteiger partial charge < -0.3 is 14.4 Å². The van der Waals surface area contributed by atoms with Gasteiger partial charge in [-0.25, -0.2) is 0 Å². The second kappa shape index (κ2) is 5.67. The first-order valence-electron chi connectivity index (χ1n) is 6.68. The zero-order valence-corrected chi connectivity index (χ0v) is 11.5. The third-order valence-electron chi connectivity index (χ3n) is 3.32. The quantitative estimate of drug-likeness (QED) is 0.863. The lowest BCUT2D eigenvalue weighted by Gasteiger charge is -2.10. The molecule has 0 amide bonds. The molecule has 0 bridgehead atoms. The van der Waals surface area contributed by atoms with Crippen LogP contribution in [0.25, 0.3) is 0 Å². The molecule has 0 spiro atoms. The molecule has 1 aliphatic rings. The van der Waals surface area contributed by atoms with Gasteiger partial charge in [0.25, 0.3) is 0 Å². The number of Topliss-reactive ketones (excluding diaryl/α,β-unsaturated/α-hetero) is 1. The van der Waals surface area contributed by atoms with Crippen LogP contribution in [0, 0.1) is 0 Å². The van der Waals surface area contributed by atoms with Gasteiger partial charge in [-0.3, -0.25) is 9.78 Å². The van der Waals surface area contributed by atoms with Crippen LogP contribution in [0.15, 0.2) is 42.7 Å². The van der Waals surface area contributed by atoms with Crippen LogP contribution in [0.2, 0.25) is 0 Å². The zero-order valence-electron chi connectivity index (χ0n) is 11.5. The summed E-state index contributed by atoms with van der Waals surface area (Å²) in [6, 6.07) is 8.86. The van der Waals surface area contributed by atoms with Gasteiger partial charge >= 0.3 is 7.12 Å². The second-order valence-electron chi connectivity index (χ2n) is 4.96. The molecule has 0 saturated carbocycles. The van der Waals surface area contributed by atoms with Gasteiger partial charge in [-0.15, -0.1) is 0 Å². The summed E-state index contributed by atoms with van der Waals surface area (Å²) in [6.45, 7) is 1.51. The fraction of sp³-hybridized carbons (Fsp3) is 0.200. The number of hydrogen-bond donors (Lipinski definition) is 1. The van der Waals surface area contributed by atoms with Crippen molar-refractivity contribution in [3.63, 3.8) is 0 Å². The third kappa shape index (κ3) is 2.96. The largest absolute Gasteiger partial charge is 0.492 e.